The third kappa shape index (κ3) is 3.64. The first-order valence-electron chi connectivity index (χ1n) is 5.00. The Kier molecular flexibility index (Phi) is 4.45. The Morgan fingerprint density at radius 1 is 1.50 bits per heavy atom. The van der Waals surface area contributed by atoms with Gasteiger partial charge >= 0.3 is 6.03 Å². The summed E-state index contributed by atoms with van der Waals surface area (Å²) in [6.07, 6.45) is 0. The molecule has 0 saturated heterocycles. The number of nitrogens with one attached hydrogen (secondary N) is 2. The van der Waals surface area contributed by atoms with Crippen molar-refractivity contribution in [2.24, 2.45) is 5.73 Å². The molecule has 0 aliphatic carbocycles. The van der Waals surface area contributed by atoms with Crippen molar-refractivity contribution < 1.29 is 9.72 Å². The Morgan fingerprint density at radius 2 is 2.22 bits per heavy atom. The lowest BCUT2D eigenvalue weighted by Gasteiger charge is -2.06. The number of nitro benzene ring substituents is 1. The van der Waals surface area contributed by atoms with Crippen LogP contribution >= 0.6 is 0 Å². The van der Waals surface area contributed by atoms with E-state index in [0.717, 1.165) is 0 Å². The SMILES string of the molecule is N#Cc1cc(NCCNC(N)=O)ccc1[N+](=O)[O-]. The number of carbonyl (C=O) groups excluding carboxylic acids is 1. The van der Waals surface area contributed by atoms with E-state index in [1.807, 2.05) is 0 Å². The van der Waals surface area contributed by atoms with E-state index in [0.29, 0.717) is 18.8 Å². The van der Waals surface area contributed by atoms with Crippen molar-refractivity contribution in [2.75, 3.05) is 18.4 Å². The maximum Gasteiger partial charge on any atom is 0.312 e. The lowest BCUT2D eigenvalue weighted by Crippen LogP contribution is -2.33. The van der Waals surface area contributed by atoms with Gasteiger partial charge in [-0.15, -0.1) is 0 Å². The van der Waals surface area contributed by atoms with E-state index in [4.69, 9.17) is 11.0 Å². The fraction of sp³-hybridized carbons (Fsp3) is 0.200. The first-order valence-corrected chi connectivity index (χ1v) is 5.00. The zero-order valence-electron chi connectivity index (χ0n) is 9.34. The Morgan fingerprint density at radius 3 is 2.78 bits per heavy atom. The van der Waals surface area contributed by atoms with E-state index in [1.165, 1.54) is 18.2 Å². The molecule has 18 heavy (non-hydrogen) atoms. The van der Waals surface area contributed by atoms with Gasteiger partial charge in [0.2, 0.25) is 0 Å². The lowest BCUT2D eigenvalue weighted by atomic mass is 10.2. The number of carbonyl (C=O) groups is 1. The number of amides is 2. The van der Waals surface area contributed by atoms with Crippen molar-refractivity contribution in [1.82, 2.24) is 5.32 Å². The molecule has 4 N–H and O–H groups in total. The van der Waals surface area contributed by atoms with Crippen LogP contribution in [0.2, 0.25) is 0 Å². The zero-order valence-corrected chi connectivity index (χ0v) is 9.34. The molecule has 0 spiro atoms. The van der Waals surface area contributed by atoms with Crippen LogP contribution in [-0.2, 0) is 0 Å². The second-order valence-corrected chi connectivity index (χ2v) is 3.32. The third-order valence-corrected chi connectivity index (χ3v) is 2.07. The van der Waals surface area contributed by atoms with Crippen LogP contribution in [-0.4, -0.2) is 24.0 Å². The fourth-order valence-electron chi connectivity index (χ4n) is 1.29. The molecule has 0 unspecified atom stereocenters. The normalized spacial score (nSPS) is 9.28. The molecule has 1 aromatic carbocycles. The Bertz CT molecular complexity index is 509. The fourth-order valence-corrected chi connectivity index (χ4v) is 1.29. The van der Waals surface area contributed by atoms with Gasteiger partial charge < -0.3 is 16.4 Å². The molecule has 94 valence electrons. The number of hydrogen-bond donors (Lipinski definition) is 3. The summed E-state index contributed by atoms with van der Waals surface area (Å²) in [4.78, 5) is 20.4. The summed E-state index contributed by atoms with van der Waals surface area (Å²) >= 11 is 0. The maximum atomic E-state index is 10.6. The smallest absolute Gasteiger partial charge is 0.312 e. The highest BCUT2D eigenvalue weighted by Crippen LogP contribution is 2.21. The minimum atomic E-state index is -0.627. The minimum Gasteiger partial charge on any atom is -0.383 e. The van der Waals surface area contributed by atoms with Gasteiger partial charge in [0, 0.05) is 24.8 Å². The molecule has 8 nitrogen and oxygen atoms in total. The molecule has 0 bridgehead atoms. The average Bonchev–Trinajstić information content (AvgIpc) is 2.33. The molecule has 0 aliphatic rings. The van der Waals surface area contributed by atoms with Crippen LogP contribution in [0.25, 0.3) is 0 Å². The van der Waals surface area contributed by atoms with Crippen LogP contribution in [0, 0.1) is 21.4 Å². The van der Waals surface area contributed by atoms with Gasteiger partial charge in [-0.05, 0) is 12.1 Å². The molecule has 0 aromatic heterocycles. The second kappa shape index (κ2) is 6.05. The van der Waals surface area contributed by atoms with Crippen LogP contribution in [0.15, 0.2) is 18.2 Å². The molecule has 0 aliphatic heterocycles. The molecule has 8 heteroatoms. The minimum absolute atomic E-state index is 0.0205. The highest BCUT2D eigenvalue weighted by molar-refractivity contribution is 5.71. The van der Waals surface area contributed by atoms with Crippen molar-refractivity contribution >= 4 is 17.4 Å². The van der Waals surface area contributed by atoms with Gasteiger partial charge in [-0.1, -0.05) is 0 Å². The molecular formula is C10H11N5O3. The lowest BCUT2D eigenvalue weighted by molar-refractivity contribution is -0.385. The van der Waals surface area contributed by atoms with Crippen molar-refractivity contribution in [3.8, 4) is 6.07 Å². The third-order valence-electron chi connectivity index (χ3n) is 2.07. The quantitative estimate of drug-likeness (QED) is 0.398. The Hall–Kier alpha value is -2.82. The summed E-state index contributed by atoms with van der Waals surface area (Å²) in [5.74, 6) is 0. The number of primary amides is 1. The van der Waals surface area contributed by atoms with E-state index in [1.54, 1.807) is 6.07 Å². The highest BCUT2D eigenvalue weighted by Gasteiger charge is 2.13. The van der Waals surface area contributed by atoms with Gasteiger partial charge in [0.1, 0.15) is 11.6 Å². The molecule has 0 fully saturated rings. The van der Waals surface area contributed by atoms with Crippen molar-refractivity contribution in [1.29, 1.82) is 5.26 Å². The summed E-state index contributed by atoms with van der Waals surface area (Å²) in [5.41, 5.74) is 5.18. The van der Waals surface area contributed by atoms with E-state index >= 15 is 0 Å². The number of nitrogens with zero attached hydrogens (tertiary/aromatic N) is 2. The monoisotopic (exact) mass is 249 g/mol. The maximum absolute atomic E-state index is 10.6. The summed E-state index contributed by atoms with van der Waals surface area (Å²) in [7, 11) is 0. The van der Waals surface area contributed by atoms with E-state index < -0.39 is 11.0 Å². The number of rotatable bonds is 5. The van der Waals surface area contributed by atoms with Crippen LogP contribution in [0.3, 0.4) is 0 Å². The van der Waals surface area contributed by atoms with Gasteiger partial charge in [-0.3, -0.25) is 10.1 Å². The first-order chi connectivity index (χ1) is 8.54. The summed E-state index contributed by atoms with van der Waals surface area (Å²) in [6.45, 7) is 0.708. The number of benzene rings is 1. The summed E-state index contributed by atoms with van der Waals surface area (Å²) in [5, 5.41) is 24.7. The summed E-state index contributed by atoms with van der Waals surface area (Å²) in [6, 6.07) is 5.25. The predicted octanol–water partition coefficient (Wildman–Crippen LogP) is 0.547. The van der Waals surface area contributed by atoms with E-state index in [-0.39, 0.29) is 11.3 Å². The van der Waals surface area contributed by atoms with Gasteiger partial charge in [-0.2, -0.15) is 5.26 Å². The topological polar surface area (TPSA) is 134 Å². The molecule has 0 atom stereocenters. The molecule has 0 heterocycles. The number of anilines is 1. The number of nitrogens with two attached hydrogens (primary N) is 1. The average molecular weight is 249 g/mol. The zero-order chi connectivity index (χ0) is 13.5. The van der Waals surface area contributed by atoms with Gasteiger partial charge in [-0.25, -0.2) is 4.79 Å². The van der Waals surface area contributed by atoms with Crippen molar-refractivity contribution in [2.45, 2.75) is 0 Å². The first kappa shape index (κ1) is 13.2. The van der Waals surface area contributed by atoms with Gasteiger partial charge in [0.25, 0.3) is 5.69 Å². The van der Waals surface area contributed by atoms with Crippen LogP contribution in [0.4, 0.5) is 16.2 Å². The second-order valence-electron chi connectivity index (χ2n) is 3.32. The molecule has 0 saturated carbocycles. The van der Waals surface area contributed by atoms with E-state index in [9.17, 15) is 14.9 Å². The predicted molar refractivity (Wildman–Crippen MR) is 63.9 cm³/mol. The summed E-state index contributed by atoms with van der Waals surface area (Å²) < 4.78 is 0. The number of hydrogen-bond acceptors (Lipinski definition) is 5. The molecule has 1 aromatic rings. The molecule has 1 rings (SSSR count). The molecular weight excluding hydrogens is 238 g/mol. The van der Waals surface area contributed by atoms with Gasteiger partial charge in [0.15, 0.2) is 0 Å². The van der Waals surface area contributed by atoms with Crippen LogP contribution in [0.5, 0.6) is 0 Å². The van der Waals surface area contributed by atoms with Crippen molar-refractivity contribution in [3.05, 3.63) is 33.9 Å². The van der Waals surface area contributed by atoms with Crippen LogP contribution in [0.1, 0.15) is 5.56 Å². The Labute approximate surface area is 103 Å². The Balaban J connectivity index is 2.66. The number of nitro groups is 1. The molecule has 0 radical (unpaired) electrons. The van der Waals surface area contributed by atoms with E-state index in [2.05, 4.69) is 10.6 Å². The number of nitriles is 1. The van der Waals surface area contributed by atoms with Crippen molar-refractivity contribution in [3.63, 3.8) is 0 Å². The largest absolute Gasteiger partial charge is 0.383 e. The highest BCUT2D eigenvalue weighted by atomic mass is 16.6. The number of urea groups is 1. The van der Waals surface area contributed by atoms with Crippen LogP contribution < -0.4 is 16.4 Å². The standard InChI is InChI=1S/C10H11N5O3/c11-6-7-5-8(1-2-9(7)15(17)18)13-3-4-14-10(12)16/h1-2,5,13H,3-4H2,(H3,12,14,16). The molecule has 2 amide bonds. The van der Waals surface area contributed by atoms with Gasteiger partial charge in [0.05, 0.1) is 4.92 Å².